The monoisotopic (exact) mass is 373 g/mol. The number of nitrogens with one attached hydrogen (secondary N) is 1. The highest BCUT2D eigenvalue weighted by Crippen LogP contribution is 2.29. The van der Waals surface area contributed by atoms with E-state index in [1.807, 2.05) is 20.8 Å². The van der Waals surface area contributed by atoms with Crippen molar-refractivity contribution < 1.29 is 22.9 Å². The summed E-state index contributed by atoms with van der Waals surface area (Å²) in [6.07, 6.45) is 4.91. The molecule has 1 N–H and O–H groups in total. The zero-order valence-corrected chi connectivity index (χ0v) is 17.6. The first kappa shape index (κ1) is 22.3. The molecule has 0 unspecified atom stereocenters. The SMILES string of the molecule is CO[Si](CCC(=O)CC1CCC(NC(=O)C(C)(C)C)CC1)(OC)OC. The highest BCUT2D eigenvalue weighted by molar-refractivity contribution is 6.60. The minimum Gasteiger partial charge on any atom is -0.377 e. The smallest absolute Gasteiger partial charge is 0.377 e. The van der Waals surface area contributed by atoms with Crippen LogP contribution in [0.4, 0.5) is 0 Å². The third kappa shape index (κ3) is 7.17. The van der Waals surface area contributed by atoms with Crippen molar-refractivity contribution in [2.24, 2.45) is 11.3 Å². The Kier molecular flexibility index (Phi) is 8.74. The molecule has 0 atom stereocenters. The predicted molar refractivity (Wildman–Crippen MR) is 99.2 cm³/mol. The van der Waals surface area contributed by atoms with Crippen LogP contribution in [0.5, 0.6) is 0 Å². The highest BCUT2D eigenvalue weighted by Gasteiger charge is 2.38. The van der Waals surface area contributed by atoms with E-state index in [0.29, 0.717) is 24.8 Å². The molecule has 7 heteroatoms. The van der Waals surface area contributed by atoms with Crippen LogP contribution in [-0.4, -0.2) is 47.9 Å². The molecule has 0 aromatic carbocycles. The van der Waals surface area contributed by atoms with Crippen LogP contribution in [0.25, 0.3) is 0 Å². The maximum atomic E-state index is 12.3. The van der Waals surface area contributed by atoms with Crippen LogP contribution in [0, 0.1) is 11.3 Å². The average molecular weight is 374 g/mol. The Morgan fingerprint density at radius 3 is 1.96 bits per heavy atom. The molecular formula is C18H35NO5Si. The lowest BCUT2D eigenvalue weighted by Gasteiger charge is -2.31. The molecule has 0 aliphatic heterocycles. The average Bonchev–Trinajstić information content (AvgIpc) is 2.57. The van der Waals surface area contributed by atoms with Gasteiger partial charge in [-0.1, -0.05) is 20.8 Å². The van der Waals surface area contributed by atoms with E-state index in [1.54, 1.807) is 21.3 Å². The largest absolute Gasteiger partial charge is 0.500 e. The van der Waals surface area contributed by atoms with Crippen molar-refractivity contribution in [3.8, 4) is 0 Å². The summed E-state index contributed by atoms with van der Waals surface area (Å²) in [5, 5.41) is 3.13. The first-order chi connectivity index (χ1) is 11.7. The maximum Gasteiger partial charge on any atom is 0.500 e. The van der Waals surface area contributed by atoms with Crippen molar-refractivity contribution in [1.29, 1.82) is 0 Å². The molecule has 0 aromatic rings. The van der Waals surface area contributed by atoms with Gasteiger partial charge in [0.1, 0.15) is 5.78 Å². The topological polar surface area (TPSA) is 73.9 Å². The molecule has 1 aliphatic carbocycles. The zero-order valence-electron chi connectivity index (χ0n) is 16.6. The number of amides is 1. The molecule has 1 rings (SSSR count). The van der Waals surface area contributed by atoms with Crippen molar-refractivity contribution in [2.75, 3.05) is 21.3 Å². The second-order valence-electron chi connectivity index (χ2n) is 7.98. The lowest BCUT2D eigenvalue weighted by molar-refractivity contribution is -0.129. The molecule has 1 amide bonds. The van der Waals surface area contributed by atoms with Gasteiger partial charge in [-0.3, -0.25) is 9.59 Å². The van der Waals surface area contributed by atoms with E-state index in [0.717, 1.165) is 25.7 Å². The zero-order chi connectivity index (χ0) is 19.1. The Bertz CT molecular complexity index is 429. The van der Waals surface area contributed by atoms with Gasteiger partial charge in [0, 0.05) is 51.7 Å². The summed E-state index contributed by atoms with van der Waals surface area (Å²) in [5.74, 6) is 0.760. The summed E-state index contributed by atoms with van der Waals surface area (Å²) in [7, 11) is 2.04. The second-order valence-corrected chi connectivity index (χ2v) is 11.1. The van der Waals surface area contributed by atoms with Crippen molar-refractivity contribution in [3.63, 3.8) is 0 Å². The molecule has 0 aromatic heterocycles. The number of Topliss-reactive ketones (excluding diaryl/α,β-unsaturated/α-hetero) is 1. The Labute approximate surface area is 153 Å². The highest BCUT2D eigenvalue weighted by atomic mass is 28.4. The standard InChI is InChI=1S/C18H35NO5Si/c1-18(2,3)17(21)19-15-9-7-14(8-10-15)13-16(20)11-12-25(22-4,23-5)24-6/h14-15H,7-13H2,1-6H3,(H,19,21). The summed E-state index contributed by atoms with van der Waals surface area (Å²) < 4.78 is 16.1. The quantitative estimate of drug-likeness (QED) is 0.629. The van der Waals surface area contributed by atoms with Crippen molar-refractivity contribution in [3.05, 3.63) is 0 Å². The Balaban J connectivity index is 2.34. The van der Waals surface area contributed by atoms with E-state index in [2.05, 4.69) is 5.32 Å². The van der Waals surface area contributed by atoms with Crippen LogP contribution in [0.1, 0.15) is 59.3 Å². The molecule has 1 aliphatic rings. The minimum absolute atomic E-state index is 0.104. The van der Waals surface area contributed by atoms with E-state index < -0.39 is 8.80 Å². The Morgan fingerprint density at radius 2 is 1.52 bits per heavy atom. The third-order valence-electron chi connectivity index (χ3n) is 5.02. The molecule has 0 saturated heterocycles. The number of hydrogen-bond donors (Lipinski definition) is 1. The van der Waals surface area contributed by atoms with E-state index in [9.17, 15) is 9.59 Å². The summed E-state index contributed by atoms with van der Waals surface area (Å²) >= 11 is 0. The van der Waals surface area contributed by atoms with Gasteiger partial charge in [-0.25, -0.2) is 0 Å². The van der Waals surface area contributed by atoms with Crippen molar-refractivity contribution >= 4 is 20.5 Å². The molecule has 0 bridgehead atoms. The normalized spacial score (nSPS) is 21.8. The van der Waals surface area contributed by atoms with Gasteiger partial charge in [-0.15, -0.1) is 0 Å². The van der Waals surface area contributed by atoms with E-state index in [4.69, 9.17) is 13.3 Å². The first-order valence-corrected chi connectivity index (χ1v) is 11.1. The van der Waals surface area contributed by atoms with Crippen LogP contribution in [0.2, 0.25) is 6.04 Å². The number of carbonyl (C=O) groups is 2. The van der Waals surface area contributed by atoms with Crippen LogP contribution in [0.3, 0.4) is 0 Å². The first-order valence-electron chi connectivity index (χ1n) is 9.14. The van der Waals surface area contributed by atoms with Gasteiger partial charge in [-0.05, 0) is 31.6 Å². The molecule has 0 heterocycles. The maximum absolute atomic E-state index is 12.3. The van der Waals surface area contributed by atoms with Gasteiger partial charge in [-0.2, -0.15) is 0 Å². The molecule has 25 heavy (non-hydrogen) atoms. The summed E-state index contributed by atoms with van der Waals surface area (Å²) in [6, 6.07) is 0.764. The van der Waals surface area contributed by atoms with Crippen molar-refractivity contribution in [2.45, 2.75) is 71.4 Å². The van der Waals surface area contributed by atoms with Gasteiger partial charge >= 0.3 is 8.80 Å². The molecule has 1 saturated carbocycles. The molecule has 146 valence electrons. The van der Waals surface area contributed by atoms with E-state index in [-0.39, 0.29) is 23.1 Å². The van der Waals surface area contributed by atoms with Gasteiger partial charge in [0.25, 0.3) is 0 Å². The van der Waals surface area contributed by atoms with Crippen LogP contribution in [-0.2, 0) is 22.9 Å². The van der Waals surface area contributed by atoms with Crippen LogP contribution < -0.4 is 5.32 Å². The van der Waals surface area contributed by atoms with Gasteiger partial charge in [0.05, 0.1) is 0 Å². The van der Waals surface area contributed by atoms with Gasteiger partial charge in [0.15, 0.2) is 0 Å². The third-order valence-corrected chi connectivity index (χ3v) is 7.75. The summed E-state index contributed by atoms with van der Waals surface area (Å²) in [4.78, 5) is 24.3. The summed E-state index contributed by atoms with van der Waals surface area (Å²) in [5.41, 5.74) is -0.354. The Morgan fingerprint density at radius 1 is 1.00 bits per heavy atom. The Hall–Kier alpha value is -0.763. The fourth-order valence-corrected chi connectivity index (χ4v) is 4.88. The van der Waals surface area contributed by atoms with Crippen LogP contribution in [0.15, 0.2) is 0 Å². The molecule has 0 radical (unpaired) electrons. The number of rotatable bonds is 9. The minimum atomic E-state index is -2.66. The predicted octanol–water partition coefficient (Wildman–Crippen LogP) is 2.93. The molecule has 6 nitrogen and oxygen atoms in total. The fraction of sp³-hybridized carbons (Fsp3) is 0.889. The second kappa shape index (κ2) is 9.80. The molecule has 1 fully saturated rings. The van der Waals surface area contributed by atoms with E-state index >= 15 is 0 Å². The number of ketones is 1. The van der Waals surface area contributed by atoms with E-state index in [1.165, 1.54) is 0 Å². The van der Waals surface area contributed by atoms with Crippen LogP contribution >= 0.6 is 0 Å². The summed E-state index contributed by atoms with van der Waals surface area (Å²) in [6.45, 7) is 5.78. The molecular weight excluding hydrogens is 338 g/mol. The number of carbonyl (C=O) groups excluding carboxylic acids is 2. The lowest BCUT2D eigenvalue weighted by atomic mass is 9.82. The van der Waals surface area contributed by atoms with Gasteiger partial charge in [0.2, 0.25) is 5.91 Å². The number of hydrogen-bond acceptors (Lipinski definition) is 5. The fourth-order valence-electron chi connectivity index (χ4n) is 3.19. The van der Waals surface area contributed by atoms with Gasteiger partial charge < -0.3 is 18.6 Å². The van der Waals surface area contributed by atoms with Crippen molar-refractivity contribution in [1.82, 2.24) is 5.32 Å². The lowest BCUT2D eigenvalue weighted by Crippen LogP contribution is -2.43. The molecule has 0 spiro atoms.